The Morgan fingerprint density at radius 1 is 1.60 bits per heavy atom. The summed E-state index contributed by atoms with van der Waals surface area (Å²) < 4.78 is 5.37. The molecule has 0 bridgehead atoms. The lowest BCUT2D eigenvalue weighted by Crippen LogP contribution is -2.39. The number of nitrogens with zero attached hydrogens (tertiary/aromatic N) is 1. The molecule has 0 aromatic heterocycles. The largest absolute Gasteiger partial charge is 0.481 e. The number of ether oxygens (including phenoxy) is 1. The third kappa shape index (κ3) is 3.20. The second kappa shape index (κ2) is 5.11. The predicted molar refractivity (Wildman–Crippen MR) is 53.4 cm³/mol. The van der Waals surface area contributed by atoms with Crippen molar-refractivity contribution in [2.24, 2.45) is 5.92 Å². The maximum atomic E-state index is 11.6. The molecule has 1 saturated heterocycles. The SMILES string of the molecule is CC(C(=O)O)C(=O)N(C)CC1CCCO1. The van der Waals surface area contributed by atoms with Gasteiger partial charge in [-0.05, 0) is 19.8 Å². The van der Waals surface area contributed by atoms with Crippen LogP contribution in [0.3, 0.4) is 0 Å². The Balaban J connectivity index is 2.41. The molecule has 5 heteroatoms. The van der Waals surface area contributed by atoms with Crippen LogP contribution in [0.1, 0.15) is 19.8 Å². The lowest BCUT2D eigenvalue weighted by molar-refractivity contribution is -0.150. The van der Waals surface area contributed by atoms with E-state index in [1.807, 2.05) is 0 Å². The first kappa shape index (κ1) is 12.0. The number of hydrogen-bond acceptors (Lipinski definition) is 3. The van der Waals surface area contributed by atoms with Gasteiger partial charge in [0.1, 0.15) is 5.92 Å². The molecule has 86 valence electrons. The van der Waals surface area contributed by atoms with Crippen LogP contribution in [0.5, 0.6) is 0 Å². The van der Waals surface area contributed by atoms with Gasteiger partial charge in [0.15, 0.2) is 0 Å². The van der Waals surface area contributed by atoms with Crippen molar-refractivity contribution in [3.8, 4) is 0 Å². The number of hydrogen-bond donors (Lipinski definition) is 1. The van der Waals surface area contributed by atoms with Gasteiger partial charge in [-0.2, -0.15) is 0 Å². The highest BCUT2D eigenvalue weighted by molar-refractivity contribution is 5.96. The van der Waals surface area contributed by atoms with E-state index in [0.29, 0.717) is 6.54 Å². The molecule has 1 N–H and O–H groups in total. The summed E-state index contributed by atoms with van der Waals surface area (Å²) in [6, 6.07) is 0. The highest BCUT2D eigenvalue weighted by atomic mass is 16.5. The van der Waals surface area contributed by atoms with Gasteiger partial charge in [-0.1, -0.05) is 0 Å². The Morgan fingerprint density at radius 3 is 2.73 bits per heavy atom. The maximum Gasteiger partial charge on any atom is 0.315 e. The molecule has 0 spiro atoms. The third-order valence-corrected chi connectivity index (χ3v) is 2.62. The van der Waals surface area contributed by atoms with Gasteiger partial charge >= 0.3 is 5.97 Å². The molecule has 1 rings (SSSR count). The summed E-state index contributed by atoms with van der Waals surface area (Å²) in [5.41, 5.74) is 0. The van der Waals surface area contributed by atoms with Gasteiger partial charge in [-0.15, -0.1) is 0 Å². The van der Waals surface area contributed by atoms with Gasteiger partial charge in [-0.25, -0.2) is 0 Å². The quantitative estimate of drug-likeness (QED) is 0.687. The van der Waals surface area contributed by atoms with E-state index in [9.17, 15) is 9.59 Å². The summed E-state index contributed by atoms with van der Waals surface area (Å²) in [5.74, 6) is -2.42. The van der Waals surface area contributed by atoms with E-state index in [1.54, 1.807) is 7.05 Å². The fourth-order valence-electron chi connectivity index (χ4n) is 1.62. The minimum absolute atomic E-state index is 0.0694. The zero-order chi connectivity index (χ0) is 11.4. The Bertz CT molecular complexity index is 248. The van der Waals surface area contributed by atoms with E-state index in [2.05, 4.69) is 0 Å². The van der Waals surface area contributed by atoms with Crippen LogP contribution in [0.15, 0.2) is 0 Å². The lowest BCUT2D eigenvalue weighted by atomic mass is 10.1. The van der Waals surface area contributed by atoms with Crippen molar-refractivity contribution in [2.45, 2.75) is 25.9 Å². The molecule has 0 saturated carbocycles. The van der Waals surface area contributed by atoms with Crippen molar-refractivity contribution in [3.63, 3.8) is 0 Å². The highest BCUT2D eigenvalue weighted by Crippen LogP contribution is 2.13. The van der Waals surface area contributed by atoms with Gasteiger partial charge in [0.25, 0.3) is 0 Å². The number of likely N-dealkylation sites (N-methyl/N-ethyl adjacent to an activating group) is 1. The Morgan fingerprint density at radius 2 is 2.27 bits per heavy atom. The van der Waals surface area contributed by atoms with Crippen LogP contribution in [0.25, 0.3) is 0 Å². The van der Waals surface area contributed by atoms with Gasteiger partial charge in [0.2, 0.25) is 5.91 Å². The number of rotatable bonds is 4. The molecule has 5 nitrogen and oxygen atoms in total. The van der Waals surface area contributed by atoms with Crippen LogP contribution in [-0.4, -0.2) is 48.2 Å². The molecule has 0 radical (unpaired) electrons. The molecular weight excluding hydrogens is 198 g/mol. The number of aliphatic carboxylic acids is 1. The molecule has 1 aliphatic rings. The van der Waals surface area contributed by atoms with Gasteiger partial charge < -0.3 is 14.7 Å². The van der Waals surface area contributed by atoms with Crippen LogP contribution in [-0.2, 0) is 14.3 Å². The minimum Gasteiger partial charge on any atom is -0.481 e. The summed E-state index contributed by atoms with van der Waals surface area (Å²) in [5, 5.41) is 8.68. The lowest BCUT2D eigenvalue weighted by Gasteiger charge is -2.22. The number of amides is 1. The van der Waals surface area contributed by atoms with Gasteiger partial charge in [0, 0.05) is 20.2 Å². The van der Waals surface area contributed by atoms with E-state index in [-0.39, 0.29) is 12.0 Å². The van der Waals surface area contributed by atoms with Crippen LogP contribution >= 0.6 is 0 Å². The zero-order valence-electron chi connectivity index (χ0n) is 9.10. The van der Waals surface area contributed by atoms with Crippen molar-refractivity contribution in [1.29, 1.82) is 0 Å². The Hall–Kier alpha value is -1.10. The smallest absolute Gasteiger partial charge is 0.315 e. The molecule has 0 aliphatic carbocycles. The molecule has 2 unspecified atom stereocenters. The van der Waals surface area contributed by atoms with E-state index < -0.39 is 11.9 Å². The van der Waals surface area contributed by atoms with Crippen LogP contribution in [0, 0.1) is 5.92 Å². The fourth-order valence-corrected chi connectivity index (χ4v) is 1.62. The van der Waals surface area contributed by atoms with E-state index in [1.165, 1.54) is 11.8 Å². The van der Waals surface area contributed by atoms with E-state index in [0.717, 1.165) is 19.4 Å². The van der Waals surface area contributed by atoms with E-state index >= 15 is 0 Å². The number of carbonyl (C=O) groups excluding carboxylic acids is 1. The van der Waals surface area contributed by atoms with Crippen LogP contribution < -0.4 is 0 Å². The second-order valence-electron chi connectivity index (χ2n) is 3.91. The number of carbonyl (C=O) groups is 2. The summed E-state index contributed by atoms with van der Waals surface area (Å²) in [4.78, 5) is 23.6. The monoisotopic (exact) mass is 215 g/mol. The first-order valence-electron chi connectivity index (χ1n) is 5.11. The molecule has 15 heavy (non-hydrogen) atoms. The normalized spacial score (nSPS) is 22.4. The second-order valence-corrected chi connectivity index (χ2v) is 3.91. The molecule has 0 aromatic carbocycles. The molecule has 1 fully saturated rings. The maximum absolute atomic E-state index is 11.6. The molecule has 0 aromatic rings. The van der Waals surface area contributed by atoms with Gasteiger partial charge in [0.05, 0.1) is 6.10 Å². The molecule has 2 atom stereocenters. The van der Waals surface area contributed by atoms with Crippen molar-refractivity contribution >= 4 is 11.9 Å². The Labute approximate surface area is 89.0 Å². The van der Waals surface area contributed by atoms with Crippen molar-refractivity contribution < 1.29 is 19.4 Å². The zero-order valence-corrected chi connectivity index (χ0v) is 9.10. The molecule has 1 heterocycles. The summed E-state index contributed by atoms with van der Waals surface area (Å²) in [6.45, 7) is 2.62. The third-order valence-electron chi connectivity index (χ3n) is 2.62. The topological polar surface area (TPSA) is 66.8 Å². The summed E-state index contributed by atoms with van der Waals surface area (Å²) >= 11 is 0. The van der Waals surface area contributed by atoms with E-state index in [4.69, 9.17) is 9.84 Å². The number of carboxylic acid groups (broad SMARTS) is 1. The van der Waals surface area contributed by atoms with Crippen LogP contribution in [0.2, 0.25) is 0 Å². The fraction of sp³-hybridized carbons (Fsp3) is 0.800. The average Bonchev–Trinajstić information content (AvgIpc) is 2.67. The predicted octanol–water partition coefficient (Wildman–Crippen LogP) is 0.344. The van der Waals surface area contributed by atoms with Crippen LogP contribution in [0.4, 0.5) is 0 Å². The van der Waals surface area contributed by atoms with Crippen molar-refractivity contribution in [3.05, 3.63) is 0 Å². The molecule has 1 aliphatic heterocycles. The molecule has 1 amide bonds. The molecular formula is C10H17NO4. The summed E-state index contributed by atoms with van der Waals surface area (Å²) in [7, 11) is 1.61. The standard InChI is InChI=1S/C10H17NO4/c1-7(10(13)14)9(12)11(2)6-8-4-3-5-15-8/h7-8H,3-6H2,1-2H3,(H,13,14). The first-order chi connectivity index (χ1) is 7.02. The van der Waals surface area contributed by atoms with Crippen molar-refractivity contribution in [1.82, 2.24) is 4.90 Å². The summed E-state index contributed by atoms with van der Waals surface area (Å²) in [6.07, 6.45) is 2.03. The number of carboxylic acids is 1. The Kier molecular flexibility index (Phi) is 4.08. The van der Waals surface area contributed by atoms with Crippen molar-refractivity contribution in [2.75, 3.05) is 20.2 Å². The highest BCUT2D eigenvalue weighted by Gasteiger charge is 2.26. The minimum atomic E-state index is -1.08. The average molecular weight is 215 g/mol. The first-order valence-corrected chi connectivity index (χ1v) is 5.11. The van der Waals surface area contributed by atoms with Gasteiger partial charge in [-0.3, -0.25) is 9.59 Å².